The Labute approximate surface area is 256 Å². The molecule has 2 aromatic rings. The maximum absolute atomic E-state index is 13.6. The number of phenols is 1. The highest BCUT2D eigenvalue weighted by Gasteiger charge is 2.33. The Bertz CT molecular complexity index is 1250. The average molecular weight is 616 g/mol. The van der Waals surface area contributed by atoms with Gasteiger partial charge >= 0.3 is 12.1 Å². The lowest BCUT2D eigenvalue weighted by Gasteiger charge is -2.27. The number of thioether (sulfide) groups is 1. The summed E-state index contributed by atoms with van der Waals surface area (Å²) in [6, 6.07) is 11.1. The molecule has 2 rings (SSSR count). The molecule has 0 aliphatic heterocycles. The molecule has 4 N–H and O–H groups in total. The molecular weight excluding hydrogens is 574 g/mol. The fraction of sp³-hybridized carbons (Fsp3) is 0.452. The molecule has 0 spiro atoms. The van der Waals surface area contributed by atoms with E-state index >= 15 is 0 Å². The van der Waals surface area contributed by atoms with E-state index in [-0.39, 0.29) is 29.0 Å². The fourth-order valence-corrected chi connectivity index (χ4v) is 4.70. The Hall–Kier alpha value is -4.06. The maximum atomic E-state index is 13.6. The normalized spacial score (nSPS) is 13.9. The second-order valence-corrected chi connectivity index (χ2v) is 12.0. The van der Waals surface area contributed by atoms with Crippen molar-refractivity contribution in [3.8, 4) is 5.75 Å². The van der Waals surface area contributed by atoms with Gasteiger partial charge in [-0.15, -0.1) is 0 Å². The number of amides is 3. The van der Waals surface area contributed by atoms with Gasteiger partial charge in [-0.25, -0.2) is 9.59 Å². The van der Waals surface area contributed by atoms with Gasteiger partial charge in [0.15, 0.2) is 0 Å². The van der Waals surface area contributed by atoms with Crippen LogP contribution in [-0.2, 0) is 30.3 Å². The number of ether oxygens (including phenoxy) is 2. The van der Waals surface area contributed by atoms with Crippen molar-refractivity contribution >= 4 is 40.8 Å². The number of hydrogen-bond acceptors (Lipinski definition) is 9. The third kappa shape index (κ3) is 12.0. The first-order valence-corrected chi connectivity index (χ1v) is 14.9. The molecule has 0 radical (unpaired) electrons. The summed E-state index contributed by atoms with van der Waals surface area (Å²) in [5, 5.41) is 17.2. The number of carbonyl (C=O) groups excluding carboxylic acids is 5. The van der Waals surface area contributed by atoms with Gasteiger partial charge in [0, 0.05) is 17.7 Å². The monoisotopic (exact) mass is 615 g/mol. The quantitative estimate of drug-likeness (QED) is 0.247. The van der Waals surface area contributed by atoms with Gasteiger partial charge in [0.25, 0.3) is 0 Å². The molecule has 12 heteroatoms. The lowest BCUT2D eigenvalue weighted by molar-refractivity contribution is -0.147. The topological polar surface area (TPSA) is 160 Å². The van der Waals surface area contributed by atoms with Gasteiger partial charge in [0.05, 0.1) is 7.11 Å². The van der Waals surface area contributed by atoms with E-state index in [2.05, 4.69) is 16.0 Å². The lowest BCUT2D eigenvalue weighted by Crippen LogP contribution is -2.58. The van der Waals surface area contributed by atoms with Crippen LogP contribution in [0.15, 0.2) is 54.6 Å². The zero-order valence-corrected chi connectivity index (χ0v) is 26.2. The highest BCUT2D eigenvalue weighted by molar-refractivity contribution is 8.14. The molecule has 234 valence electrons. The van der Waals surface area contributed by atoms with Gasteiger partial charge in [-0.1, -0.05) is 74.5 Å². The first-order chi connectivity index (χ1) is 20.2. The van der Waals surface area contributed by atoms with Crippen LogP contribution in [0.2, 0.25) is 0 Å². The molecule has 4 atom stereocenters. The van der Waals surface area contributed by atoms with E-state index in [0.29, 0.717) is 17.5 Å². The number of benzene rings is 2. The predicted octanol–water partition coefficient (Wildman–Crippen LogP) is 3.59. The van der Waals surface area contributed by atoms with Crippen LogP contribution in [-0.4, -0.2) is 70.7 Å². The summed E-state index contributed by atoms with van der Waals surface area (Å²) in [7, 11) is 1.22. The Morgan fingerprint density at radius 3 is 2.05 bits per heavy atom. The smallest absolute Gasteiger partial charge is 0.408 e. The van der Waals surface area contributed by atoms with Crippen molar-refractivity contribution in [1.82, 2.24) is 16.0 Å². The minimum absolute atomic E-state index is 0.00149. The van der Waals surface area contributed by atoms with E-state index in [1.165, 1.54) is 19.2 Å². The van der Waals surface area contributed by atoms with Crippen LogP contribution in [0, 0.1) is 5.92 Å². The second-order valence-electron chi connectivity index (χ2n) is 11.0. The first-order valence-electron chi connectivity index (χ1n) is 13.9. The van der Waals surface area contributed by atoms with Gasteiger partial charge < -0.3 is 30.5 Å². The van der Waals surface area contributed by atoms with E-state index in [9.17, 15) is 29.1 Å². The number of rotatable bonds is 13. The summed E-state index contributed by atoms with van der Waals surface area (Å²) >= 11 is 0.832. The van der Waals surface area contributed by atoms with Crippen molar-refractivity contribution in [2.24, 2.45) is 5.92 Å². The number of nitrogens with one attached hydrogen (secondary N) is 3. The Morgan fingerprint density at radius 1 is 0.884 bits per heavy atom. The standard InChI is InChI=1S/C31H41N3O8S/c1-7-19(2)25(28(38)41-6)34-26(36)23(17-20-13-15-22(35)16-14-20)32-27(37)24(33-30(40)42-31(3,4)5)18-43-29(39)21-11-9-8-10-12-21/h8-16,19,23-25,35H,7,17-18H2,1-6H3,(H,32,37)(H,33,40)(H,34,36)/t19-,23-,24-,25-/m0/s1. The molecule has 43 heavy (non-hydrogen) atoms. The largest absolute Gasteiger partial charge is 0.508 e. The summed E-state index contributed by atoms with van der Waals surface area (Å²) in [6.45, 7) is 8.66. The van der Waals surface area contributed by atoms with Gasteiger partial charge in [-0.05, 0) is 44.4 Å². The van der Waals surface area contributed by atoms with Crippen molar-refractivity contribution < 1.29 is 38.6 Å². The predicted molar refractivity (Wildman–Crippen MR) is 164 cm³/mol. The SMILES string of the molecule is CC[C@H](C)[C@H](NC(=O)[C@H](Cc1ccc(O)cc1)NC(=O)[C@H](CSC(=O)c1ccccc1)NC(=O)OC(C)(C)C)C(=O)OC. The molecule has 0 aliphatic carbocycles. The fourth-order valence-electron chi connectivity index (χ4n) is 3.85. The number of hydrogen-bond donors (Lipinski definition) is 4. The number of phenolic OH excluding ortho intramolecular Hbond substituents is 1. The first kappa shape index (κ1) is 35.1. The summed E-state index contributed by atoms with van der Waals surface area (Å²) < 4.78 is 10.2. The van der Waals surface area contributed by atoms with E-state index in [4.69, 9.17) is 9.47 Å². The highest BCUT2D eigenvalue weighted by atomic mass is 32.2. The third-order valence-electron chi connectivity index (χ3n) is 6.37. The summed E-state index contributed by atoms with van der Waals surface area (Å²) in [5.74, 6) is -2.40. The summed E-state index contributed by atoms with van der Waals surface area (Å²) in [6.07, 6.45) is -0.298. The van der Waals surface area contributed by atoms with Crippen molar-refractivity contribution in [2.45, 2.75) is 71.2 Å². The average Bonchev–Trinajstić information content (AvgIpc) is 2.97. The van der Waals surface area contributed by atoms with Crippen LogP contribution in [0.5, 0.6) is 5.75 Å². The molecule has 0 heterocycles. The van der Waals surface area contributed by atoms with Gasteiger partial charge in [0.2, 0.25) is 16.9 Å². The van der Waals surface area contributed by atoms with E-state index in [1.807, 2.05) is 6.92 Å². The maximum Gasteiger partial charge on any atom is 0.408 e. The molecule has 0 unspecified atom stereocenters. The summed E-state index contributed by atoms with van der Waals surface area (Å²) in [5.41, 5.74) is 0.187. The molecule has 3 amide bonds. The minimum Gasteiger partial charge on any atom is -0.508 e. The molecule has 0 aliphatic rings. The highest BCUT2D eigenvalue weighted by Crippen LogP contribution is 2.16. The number of carbonyl (C=O) groups is 5. The van der Waals surface area contributed by atoms with Crippen molar-refractivity contribution in [3.63, 3.8) is 0 Å². The zero-order chi connectivity index (χ0) is 32.2. The van der Waals surface area contributed by atoms with Crippen molar-refractivity contribution in [3.05, 3.63) is 65.7 Å². The Balaban J connectivity index is 2.33. The van der Waals surface area contributed by atoms with Gasteiger partial charge in [-0.2, -0.15) is 0 Å². The zero-order valence-electron chi connectivity index (χ0n) is 25.3. The van der Waals surface area contributed by atoms with Crippen LogP contribution in [0.1, 0.15) is 57.0 Å². The van der Waals surface area contributed by atoms with Crippen LogP contribution in [0.25, 0.3) is 0 Å². The lowest BCUT2D eigenvalue weighted by atomic mass is 9.98. The van der Waals surface area contributed by atoms with Crippen LogP contribution < -0.4 is 16.0 Å². The third-order valence-corrected chi connectivity index (χ3v) is 7.37. The number of methoxy groups -OCH3 is 1. The van der Waals surface area contributed by atoms with Gasteiger partial charge in [-0.3, -0.25) is 14.4 Å². The molecular formula is C31H41N3O8S. The molecule has 0 bridgehead atoms. The number of alkyl carbamates (subject to hydrolysis) is 1. The number of aromatic hydroxyl groups is 1. The summed E-state index contributed by atoms with van der Waals surface area (Å²) in [4.78, 5) is 65.0. The molecule has 0 saturated carbocycles. The van der Waals surface area contributed by atoms with E-state index in [1.54, 1.807) is 70.2 Å². The minimum atomic E-state index is -1.26. The van der Waals surface area contributed by atoms with Crippen LogP contribution in [0.3, 0.4) is 0 Å². The van der Waals surface area contributed by atoms with Crippen LogP contribution in [0.4, 0.5) is 4.79 Å². The van der Waals surface area contributed by atoms with Crippen molar-refractivity contribution in [1.29, 1.82) is 0 Å². The van der Waals surface area contributed by atoms with E-state index < -0.39 is 47.6 Å². The molecule has 0 fully saturated rings. The molecule has 2 aromatic carbocycles. The number of esters is 1. The Morgan fingerprint density at radius 2 is 1.49 bits per heavy atom. The molecule has 11 nitrogen and oxygen atoms in total. The van der Waals surface area contributed by atoms with Gasteiger partial charge in [0.1, 0.15) is 29.5 Å². The molecule has 0 aromatic heterocycles. The second kappa shape index (κ2) is 16.5. The van der Waals surface area contributed by atoms with Crippen molar-refractivity contribution in [2.75, 3.05) is 12.9 Å². The Kier molecular flexibility index (Phi) is 13.5. The molecule has 0 saturated heterocycles. The van der Waals surface area contributed by atoms with E-state index in [0.717, 1.165) is 11.8 Å². The van der Waals surface area contributed by atoms with Crippen LogP contribution >= 0.6 is 11.8 Å².